The SMILES string of the molecule is CN1C(=O)NC2(CC[C@H](c3ccc(Br)cc3)C2)C1=O.CN1C(=O)NC2(CC[C@H](c3ccc(C#N)cc3)C2)C1=O. The summed E-state index contributed by atoms with van der Waals surface area (Å²) < 4.78 is 1.05. The topological polar surface area (TPSA) is 123 Å². The molecule has 2 unspecified atom stereocenters. The minimum atomic E-state index is -0.718. The van der Waals surface area contributed by atoms with Crippen molar-refractivity contribution in [3.05, 3.63) is 69.7 Å². The van der Waals surface area contributed by atoms with Crippen molar-refractivity contribution in [1.29, 1.82) is 5.26 Å². The van der Waals surface area contributed by atoms with Crippen LogP contribution >= 0.6 is 15.9 Å². The van der Waals surface area contributed by atoms with E-state index in [0.29, 0.717) is 30.7 Å². The molecule has 0 bridgehead atoms. The quantitative estimate of drug-likeness (QED) is 0.502. The molecule has 2 saturated heterocycles. The van der Waals surface area contributed by atoms with Gasteiger partial charge in [0.25, 0.3) is 11.8 Å². The normalized spacial score (nSPS) is 29.5. The third-order valence-corrected chi connectivity index (χ3v) is 9.14. The minimum Gasteiger partial charge on any atom is -0.323 e. The van der Waals surface area contributed by atoms with Crippen molar-refractivity contribution in [1.82, 2.24) is 20.4 Å². The summed E-state index contributed by atoms with van der Waals surface area (Å²) in [6, 6.07) is 17.2. The molecular formula is C29H30BrN5O4. The molecule has 4 fully saturated rings. The van der Waals surface area contributed by atoms with Gasteiger partial charge in [0, 0.05) is 18.6 Å². The average Bonchev–Trinajstić information content (AvgIpc) is 3.67. The van der Waals surface area contributed by atoms with Crippen LogP contribution in [0.3, 0.4) is 0 Å². The van der Waals surface area contributed by atoms with Crippen LogP contribution in [0.2, 0.25) is 0 Å². The van der Waals surface area contributed by atoms with Crippen molar-refractivity contribution in [2.45, 2.75) is 61.4 Å². The van der Waals surface area contributed by atoms with Crippen LogP contribution < -0.4 is 10.6 Å². The van der Waals surface area contributed by atoms with E-state index in [1.807, 2.05) is 24.3 Å². The van der Waals surface area contributed by atoms with Crippen LogP contribution in [0.25, 0.3) is 0 Å². The van der Waals surface area contributed by atoms with E-state index in [9.17, 15) is 19.2 Å². The van der Waals surface area contributed by atoms with Crippen LogP contribution in [0.15, 0.2) is 53.0 Å². The van der Waals surface area contributed by atoms with E-state index < -0.39 is 11.1 Å². The fourth-order valence-electron chi connectivity index (χ4n) is 6.35. The third-order valence-electron chi connectivity index (χ3n) is 8.61. The highest BCUT2D eigenvalue weighted by Gasteiger charge is 2.54. The van der Waals surface area contributed by atoms with Gasteiger partial charge >= 0.3 is 12.1 Å². The van der Waals surface area contributed by atoms with Gasteiger partial charge in [-0.05, 0) is 85.8 Å². The summed E-state index contributed by atoms with van der Waals surface area (Å²) in [5, 5.41) is 14.5. The Morgan fingerprint density at radius 2 is 1.18 bits per heavy atom. The van der Waals surface area contributed by atoms with Gasteiger partial charge in [0.05, 0.1) is 11.6 Å². The number of likely N-dealkylation sites (N-methyl/N-ethyl adjacent to an activating group) is 2. The number of urea groups is 2. The van der Waals surface area contributed by atoms with Crippen molar-refractivity contribution in [3.8, 4) is 6.07 Å². The second kappa shape index (κ2) is 10.1. The van der Waals surface area contributed by atoms with Crippen molar-refractivity contribution in [3.63, 3.8) is 0 Å². The van der Waals surface area contributed by atoms with Crippen LogP contribution in [0.1, 0.15) is 67.1 Å². The monoisotopic (exact) mass is 591 g/mol. The lowest BCUT2D eigenvalue weighted by molar-refractivity contribution is -0.131. The van der Waals surface area contributed by atoms with Gasteiger partial charge in [-0.3, -0.25) is 19.4 Å². The zero-order valence-electron chi connectivity index (χ0n) is 21.9. The number of hydrogen-bond acceptors (Lipinski definition) is 5. The van der Waals surface area contributed by atoms with E-state index in [1.54, 1.807) is 19.2 Å². The number of carbonyl (C=O) groups excluding carboxylic acids is 4. The number of amides is 6. The summed E-state index contributed by atoms with van der Waals surface area (Å²) in [5.74, 6) is 0.373. The van der Waals surface area contributed by atoms with Crippen LogP contribution in [0.4, 0.5) is 9.59 Å². The summed E-state index contributed by atoms with van der Waals surface area (Å²) in [6.45, 7) is 0. The summed E-state index contributed by atoms with van der Waals surface area (Å²) in [7, 11) is 3.06. The summed E-state index contributed by atoms with van der Waals surface area (Å²) in [4.78, 5) is 50.0. The van der Waals surface area contributed by atoms with E-state index in [-0.39, 0.29) is 29.8 Å². The highest BCUT2D eigenvalue weighted by atomic mass is 79.9. The molecule has 10 heteroatoms. The predicted molar refractivity (Wildman–Crippen MR) is 147 cm³/mol. The average molecular weight is 592 g/mol. The molecule has 0 radical (unpaired) electrons. The molecule has 2 aromatic rings. The molecule has 2 spiro atoms. The maximum absolute atomic E-state index is 12.2. The van der Waals surface area contributed by atoms with Crippen LogP contribution in [-0.4, -0.2) is 58.8 Å². The van der Waals surface area contributed by atoms with E-state index in [1.165, 1.54) is 22.4 Å². The zero-order chi connectivity index (χ0) is 27.9. The molecule has 2 aliphatic carbocycles. The maximum atomic E-state index is 12.2. The molecule has 4 atom stereocenters. The fraction of sp³-hybridized carbons (Fsp3) is 0.414. The molecule has 2 saturated carbocycles. The summed E-state index contributed by atoms with van der Waals surface area (Å²) in [6.07, 6.45) is 4.53. The number of halogens is 1. The van der Waals surface area contributed by atoms with E-state index in [4.69, 9.17) is 5.26 Å². The van der Waals surface area contributed by atoms with E-state index in [2.05, 4.69) is 44.8 Å². The Bertz CT molecular complexity index is 1370. The van der Waals surface area contributed by atoms with Crippen molar-refractivity contribution < 1.29 is 19.2 Å². The number of imide groups is 2. The minimum absolute atomic E-state index is 0.0860. The standard InChI is InChI=1S/C15H15N3O2.C14H15BrN2O2/c1-18-13(19)15(17-14(18)20)7-6-12(8-15)11-4-2-10(9-16)3-5-11;1-17-12(18)14(16-13(17)19)7-6-10(8-14)9-2-4-11(15)5-3-9/h2-5,12H,6-8H2,1H3,(H,17,20);2-5,10H,6-8H2,1H3,(H,16,19)/t12-,15?;10-,14?/m00/s1. The Morgan fingerprint density at radius 3 is 1.54 bits per heavy atom. The number of hydrogen-bond donors (Lipinski definition) is 2. The molecule has 2 aromatic carbocycles. The first-order valence-electron chi connectivity index (χ1n) is 13.0. The predicted octanol–water partition coefficient (Wildman–Crippen LogP) is 4.38. The second-order valence-corrected chi connectivity index (χ2v) is 11.8. The lowest BCUT2D eigenvalue weighted by Gasteiger charge is -2.20. The van der Waals surface area contributed by atoms with Gasteiger partial charge in [0.2, 0.25) is 0 Å². The van der Waals surface area contributed by atoms with Gasteiger partial charge in [0.15, 0.2) is 0 Å². The molecular weight excluding hydrogens is 562 g/mol. The first kappa shape index (κ1) is 26.9. The fourth-order valence-corrected chi connectivity index (χ4v) is 6.61. The van der Waals surface area contributed by atoms with E-state index >= 15 is 0 Å². The highest BCUT2D eigenvalue weighted by molar-refractivity contribution is 9.10. The third kappa shape index (κ3) is 4.80. The molecule has 9 nitrogen and oxygen atoms in total. The van der Waals surface area contributed by atoms with Gasteiger partial charge in [0.1, 0.15) is 11.1 Å². The zero-order valence-corrected chi connectivity index (χ0v) is 23.5. The number of nitrogens with one attached hydrogen (secondary N) is 2. The first-order chi connectivity index (χ1) is 18.6. The van der Waals surface area contributed by atoms with Gasteiger partial charge < -0.3 is 10.6 Å². The number of benzene rings is 2. The molecule has 202 valence electrons. The summed E-state index contributed by atoms with van der Waals surface area (Å²) in [5.41, 5.74) is 1.61. The van der Waals surface area contributed by atoms with Gasteiger partial charge in [-0.2, -0.15) is 5.26 Å². The van der Waals surface area contributed by atoms with Crippen molar-refractivity contribution in [2.24, 2.45) is 0 Å². The Hall–Kier alpha value is -3.71. The van der Waals surface area contributed by atoms with Gasteiger partial charge in [-0.15, -0.1) is 0 Å². The lowest BCUT2D eigenvalue weighted by atomic mass is 9.92. The van der Waals surface area contributed by atoms with Crippen LogP contribution in [-0.2, 0) is 9.59 Å². The van der Waals surface area contributed by atoms with Crippen LogP contribution in [0, 0.1) is 11.3 Å². The number of nitriles is 1. The number of rotatable bonds is 2. The largest absolute Gasteiger partial charge is 0.324 e. The lowest BCUT2D eigenvalue weighted by Crippen LogP contribution is -2.44. The number of carbonyl (C=O) groups is 4. The van der Waals surface area contributed by atoms with Gasteiger partial charge in [-0.1, -0.05) is 40.2 Å². The Morgan fingerprint density at radius 1 is 0.769 bits per heavy atom. The van der Waals surface area contributed by atoms with Crippen molar-refractivity contribution in [2.75, 3.05) is 14.1 Å². The Kier molecular flexibility index (Phi) is 6.97. The molecule has 4 aliphatic rings. The maximum Gasteiger partial charge on any atom is 0.324 e. The molecule has 2 heterocycles. The smallest absolute Gasteiger partial charge is 0.323 e. The highest BCUT2D eigenvalue weighted by Crippen LogP contribution is 2.45. The Labute approximate surface area is 235 Å². The second-order valence-electron chi connectivity index (χ2n) is 10.9. The first-order valence-corrected chi connectivity index (χ1v) is 13.8. The molecule has 2 N–H and O–H groups in total. The summed E-state index contributed by atoms with van der Waals surface area (Å²) >= 11 is 3.42. The molecule has 6 rings (SSSR count). The Balaban J connectivity index is 0.000000158. The van der Waals surface area contributed by atoms with Gasteiger partial charge in [-0.25, -0.2) is 9.59 Å². The number of nitrogens with zero attached hydrogens (tertiary/aromatic N) is 3. The van der Waals surface area contributed by atoms with Crippen molar-refractivity contribution >= 4 is 39.8 Å². The van der Waals surface area contributed by atoms with Crippen LogP contribution in [0.5, 0.6) is 0 Å². The molecule has 2 aliphatic heterocycles. The van der Waals surface area contributed by atoms with E-state index in [0.717, 1.165) is 29.3 Å². The molecule has 39 heavy (non-hydrogen) atoms. The molecule has 6 amide bonds. The molecule has 0 aromatic heterocycles.